The summed E-state index contributed by atoms with van der Waals surface area (Å²) in [6, 6.07) is 47.0. The van der Waals surface area contributed by atoms with Crippen molar-refractivity contribution in [2.45, 2.75) is 0 Å². The van der Waals surface area contributed by atoms with Gasteiger partial charge in [-0.15, -0.1) is 11.3 Å². The maximum absolute atomic E-state index is 8.89. The molecule has 0 saturated heterocycles. The van der Waals surface area contributed by atoms with Crippen molar-refractivity contribution in [2.24, 2.45) is 0 Å². The highest BCUT2D eigenvalue weighted by molar-refractivity contribution is 7.27. The molecule has 10 aromatic rings. The SMILES string of the molecule is [2H]c1cccc2c(-c3ccccc3)nc(-n3c4ccc5ccccc5c4c4c5ccccc5c5c6ccccc6sc5c43)nc12. The van der Waals surface area contributed by atoms with Crippen molar-refractivity contribution >= 4 is 85.8 Å². The lowest BCUT2D eigenvalue weighted by Crippen LogP contribution is -2.03. The van der Waals surface area contributed by atoms with Crippen molar-refractivity contribution in [2.75, 3.05) is 0 Å². The van der Waals surface area contributed by atoms with Crippen LogP contribution in [0.15, 0.2) is 140 Å². The van der Waals surface area contributed by atoms with Crippen molar-refractivity contribution in [1.29, 1.82) is 0 Å². The first kappa shape index (κ1) is 22.9. The molecule has 0 saturated carbocycles. The first-order chi connectivity index (χ1) is 22.3. The molecule has 44 heavy (non-hydrogen) atoms. The molecule has 0 spiro atoms. The first-order valence-corrected chi connectivity index (χ1v) is 15.6. The maximum atomic E-state index is 8.89. The van der Waals surface area contributed by atoms with E-state index >= 15 is 0 Å². The van der Waals surface area contributed by atoms with Gasteiger partial charge in [0.05, 0.1) is 28.3 Å². The van der Waals surface area contributed by atoms with Crippen LogP contribution >= 0.6 is 11.3 Å². The second kappa shape index (κ2) is 8.96. The fourth-order valence-corrected chi connectivity index (χ4v) is 8.32. The predicted octanol–water partition coefficient (Wildman–Crippen LogP) is 11.1. The zero-order valence-electron chi connectivity index (χ0n) is 24.5. The molecule has 0 N–H and O–H groups in total. The molecular formula is C40H23N3S. The largest absolute Gasteiger partial charge is 0.276 e. The quantitative estimate of drug-likeness (QED) is 0.204. The molecule has 0 aliphatic rings. The van der Waals surface area contributed by atoms with Gasteiger partial charge >= 0.3 is 0 Å². The van der Waals surface area contributed by atoms with Crippen LogP contribution in [0.25, 0.3) is 91.6 Å². The van der Waals surface area contributed by atoms with Gasteiger partial charge in [0.2, 0.25) is 5.95 Å². The molecule has 0 radical (unpaired) electrons. The van der Waals surface area contributed by atoms with Gasteiger partial charge in [0.25, 0.3) is 0 Å². The van der Waals surface area contributed by atoms with Crippen molar-refractivity contribution in [3.8, 4) is 17.2 Å². The number of para-hydroxylation sites is 1. The molecule has 7 aromatic carbocycles. The molecule has 3 heterocycles. The predicted molar refractivity (Wildman–Crippen MR) is 187 cm³/mol. The molecule has 0 bridgehead atoms. The van der Waals surface area contributed by atoms with E-state index in [1.54, 1.807) is 0 Å². The van der Waals surface area contributed by atoms with Gasteiger partial charge in [-0.25, -0.2) is 9.97 Å². The number of hydrogen-bond acceptors (Lipinski definition) is 3. The fraction of sp³-hybridized carbons (Fsp3) is 0. The van der Waals surface area contributed by atoms with Crippen LogP contribution < -0.4 is 0 Å². The van der Waals surface area contributed by atoms with E-state index in [1.165, 1.54) is 52.5 Å². The van der Waals surface area contributed by atoms with Crippen LogP contribution in [-0.2, 0) is 0 Å². The smallest absolute Gasteiger partial charge is 0.235 e. The van der Waals surface area contributed by atoms with Crippen LogP contribution in [0, 0.1) is 0 Å². The zero-order valence-corrected chi connectivity index (χ0v) is 24.3. The third kappa shape index (κ3) is 3.20. The van der Waals surface area contributed by atoms with Gasteiger partial charge in [-0.05, 0) is 39.7 Å². The first-order valence-electron chi connectivity index (χ1n) is 15.3. The Bertz CT molecular complexity index is 2830. The number of benzene rings is 7. The van der Waals surface area contributed by atoms with Gasteiger partial charge in [0.1, 0.15) is 0 Å². The summed E-state index contributed by atoms with van der Waals surface area (Å²) in [6.07, 6.45) is 0. The van der Waals surface area contributed by atoms with E-state index in [-0.39, 0.29) is 0 Å². The van der Waals surface area contributed by atoms with E-state index in [4.69, 9.17) is 11.3 Å². The van der Waals surface area contributed by atoms with Crippen LogP contribution in [-0.4, -0.2) is 14.5 Å². The van der Waals surface area contributed by atoms with E-state index in [0.717, 1.165) is 27.7 Å². The van der Waals surface area contributed by atoms with E-state index in [9.17, 15) is 0 Å². The monoisotopic (exact) mass is 578 g/mol. The summed E-state index contributed by atoms with van der Waals surface area (Å²) in [5, 5.41) is 10.7. The Morgan fingerprint density at radius 2 is 1.23 bits per heavy atom. The van der Waals surface area contributed by atoms with Gasteiger partial charge in [-0.2, -0.15) is 0 Å². The number of fused-ring (bicyclic) bond motifs is 13. The highest BCUT2D eigenvalue weighted by Gasteiger charge is 2.24. The second-order valence-electron chi connectivity index (χ2n) is 11.3. The Balaban J connectivity index is 1.50. The molecule has 10 rings (SSSR count). The second-order valence-corrected chi connectivity index (χ2v) is 12.3. The number of thiophene rings is 1. The fourth-order valence-electron chi connectivity index (χ4n) is 7.06. The third-order valence-corrected chi connectivity index (χ3v) is 10.1. The Morgan fingerprint density at radius 1 is 0.545 bits per heavy atom. The minimum Gasteiger partial charge on any atom is -0.276 e. The molecule has 0 aliphatic heterocycles. The van der Waals surface area contributed by atoms with Crippen molar-refractivity contribution < 1.29 is 1.37 Å². The summed E-state index contributed by atoms with van der Waals surface area (Å²) < 4.78 is 13.6. The molecule has 0 atom stereocenters. The number of hydrogen-bond donors (Lipinski definition) is 0. The lowest BCUT2D eigenvalue weighted by molar-refractivity contribution is 1.02. The molecule has 3 nitrogen and oxygen atoms in total. The van der Waals surface area contributed by atoms with Gasteiger partial charge in [0, 0.05) is 37.2 Å². The van der Waals surface area contributed by atoms with E-state index in [0.29, 0.717) is 17.5 Å². The molecule has 4 heteroatoms. The Morgan fingerprint density at radius 3 is 2.09 bits per heavy atom. The van der Waals surface area contributed by atoms with Gasteiger partial charge in [-0.3, -0.25) is 4.57 Å². The van der Waals surface area contributed by atoms with Crippen molar-refractivity contribution in [3.63, 3.8) is 0 Å². The molecule has 0 fully saturated rings. The van der Waals surface area contributed by atoms with Crippen molar-refractivity contribution in [1.82, 2.24) is 14.5 Å². The highest BCUT2D eigenvalue weighted by Crippen LogP contribution is 2.49. The number of rotatable bonds is 2. The number of aromatic nitrogens is 3. The normalized spacial score (nSPS) is 12.4. The van der Waals surface area contributed by atoms with Crippen LogP contribution in [0.2, 0.25) is 0 Å². The van der Waals surface area contributed by atoms with Gasteiger partial charge < -0.3 is 0 Å². The standard InChI is InChI=1S/C40H23N3S/c1-2-13-25(14-3-1)37-29-18-8-10-20-31(29)41-40(42-37)43-32-23-22-24-12-4-5-15-26(24)35(32)36-28-17-7-6-16-27(28)34-30-19-9-11-21-33(30)44-39(34)38(36)43/h1-23H/i20D. The molecule has 0 aliphatic carbocycles. The minimum absolute atomic E-state index is 0.386. The molecular weight excluding hydrogens is 555 g/mol. The maximum Gasteiger partial charge on any atom is 0.235 e. The van der Waals surface area contributed by atoms with E-state index in [2.05, 4.69) is 102 Å². The van der Waals surface area contributed by atoms with Crippen LogP contribution in [0.4, 0.5) is 0 Å². The lowest BCUT2D eigenvalue weighted by atomic mass is 9.97. The van der Waals surface area contributed by atoms with Crippen LogP contribution in [0.5, 0.6) is 0 Å². The molecule has 3 aromatic heterocycles. The lowest BCUT2D eigenvalue weighted by Gasteiger charge is -2.12. The summed E-state index contributed by atoms with van der Waals surface area (Å²) in [4.78, 5) is 10.5. The van der Waals surface area contributed by atoms with E-state index < -0.39 is 0 Å². The highest BCUT2D eigenvalue weighted by atomic mass is 32.1. The Kier molecular flexibility index (Phi) is 4.67. The topological polar surface area (TPSA) is 30.7 Å². The molecule has 0 amide bonds. The molecule has 204 valence electrons. The summed E-state index contributed by atoms with van der Waals surface area (Å²) in [5.74, 6) is 0.574. The average Bonchev–Trinajstić information content (AvgIpc) is 3.66. The van der Waals surface area contributed by atoms with Crippen LogP contribution in [0.3, 0.4) is 0 Å². The van der Waals surface area contributed by atoms with Gasteiger partial charge in [-0.1, -0.05) is 121 Å². The summed E-state index contributed by atoms with van der Waals surface area (Å²) >= 11 is 1.83. The van der Waals surface area contributed by atoms with E-state index in [1.807, 2.05) is 47.7 Å². The van der Waals surface area contributed by atoms with Crippen LogP contribution in [0.1, 0.15) is 1.37 Å². The summed E-state index contributed by atoms with van der Waals surface area (Å²) in [6.45, 7) is 0. The zero-order chi connectivity index (χ0) is 29.6. The van der Waals surface area contributed by atoms with Gasteiger partial charge in [0.15, 0.2) is 0 Å². The average molecular weight is 579 g/mol. The third-order valence-electron chi connectivity index (χ3n) is 8.89. The summed E-state index contributed by atoms with van der Waals surface area (Å²) in [5.41, 5.74) is 4.64. The minimum atomic E-state index is 0.386. The molecule has 0 unspecified atom stereocenters. The van der Waals surface area contributed by atoms with Crippen molar-refractivity contribution in [3.05, 3.63) is 140 Å². The summed E-state index contributed by atoms with van der Waals surface area (Å²) in [7, 11) is 0. The Hall–Kier alpha value is -5.58. The number of nitrogens with zero attached hydrogens (tertiary/aromatic N) is 3. The Labute approximate surface area is 257 Å².